The van der Waals surface area contributed by atoms with Gasteiger partial charge in [-0.1, -0.05) is 0 Å². The summed E-state index contributed by atoms with van der Waals surface area (Å²) in [6.45, 7) is 1.84. The van der Waals surface area contributed by atoms with E-state index in [0.717, 1.165) is 5.56 Å². The predicted octanol–water partition coefficient (Wildman–Crippen LogP) is 2.65. The summed E-state index contributed by atoms with van der Waals surface area (Å²) in [5.74, 6) is -0.377. The van der Waals surface area contributed by atoms with Gasteiger partial charge in [0.1, 0.15) is 0 Å². The van der Waals surface area contributed by atoms with E-state index in [1.165, 1.54) is 12.4 Å². The Morgan fingerprint density at radius 2 is 2.20 bits per heavy atom. The third-order valence-electron chi connectivity index (χ3n) is 2.04. The summed E-state index contributed by atoms with van der Waals surface area (Å²) < 4.78 is 13.8. The second-order valence-electron chi connectivity index (χ2n) is 3.10. The van der Waals surface area contributed by atoms with Crippen molar-refractivity contribution in [2.24, 2.45) is 0 Å². The molecule has 0 aliphatic rings. The van der Waals surface area contributed by atoms with E-state index in [4.69, 9.17) is 12.2 Å². The molecule has 0 aliphatic carbocycles. The van der Waals surface area contributed by atoms with E-state index < -0.39 is 0 Å². The van der Waals surface area contributed by atoms with Crippen molar-refractivity contribution in [3.8, 4) is 11.3 Å². The quantitative estimate of drug-likeness (QED) is 0.753. The molecule has 0 atom stereocenters. The van der Waals surface area contributed by atoms with Gasteiger partial charge in [0.2, 0.25) is 0 Å². The number of hydrogen-bond acceptors (Lipinski definition) is 3. The molecular weight excluding hydrogens is 213 g/mol. The van der Waals surface area contributed by atoms with Crippen molar-refractivity contribution in [3.63, 3.8) is 0 Å². The second-order valence-corrected chi connectivity index (χ2v) is 3.49. The molecule has 2 heterocycles. The third kappa shape index (κ3) is 1.92. The molecule has 0 saturated heterocycles. The monoisotopic (exact) mass is 221 g/mol. The SMILES string of the molecule is Cc1cnc(=S)[nH]c1-c1ccncc1F. The zero-order chi connectivity index (χ0) is 10.8. The maximum atomic E-state index is 13.5. The van der Waals surface area contributed by atoms with Crippen LogP contribution in [-0.2, 0) is 0 Å². The Hall–Kier alpha value is -1.62. The Bertz CT molecular complexity index is 550. The topological polar surface area (TPSA) is 41.6 Å². The lowest BCUT2D eigenvalue weighted by molar-refractivity contribution is 0.624. The van der Waals surface area contributed by atoms with E-state index in [1.54, 1.807) is 12.3 Å². The molecule has 1 N–H and O–H groups in total. The first-order chi connectivity index (χ1) is 7.18. The summed E-state index contributed by atoms with van der Waals surface area (Å²) in [5.41, 5.74) is 1.94. The number of hydrogen-bond donors (Lipinski definition) is 1. The maximum absolute atomic E-state index is 13.5. The van der Waals surface area contributed by atoms with Crippen LogP contribution in [0, 0.1) is 17.5 Å². The molecule has 2 aromatic heterocycles. The van der Waals surface area contributed by atoms with E-state index in [1.807, 2.05) is 6.92 Å². The summed E-state index contributed by atoms with van der Waals surface area (Å²) in [6.07, 6.45) is 4.33. The molecule has 2 rings (SSSR count). The lowest BCUT2D eigenvalue weighted by Crippen LogP contribution is -1.94. The molecule has 0 spiro atoms. The lowest BCUT2D eigenvalue weighted by Gasteiger charge is -2.05. The number of aromatic nitrogens is 3. The van der Waals surface area contributed by atoms with Crippen molar-refractivity contribution in [2.75, 3.05) is 0 Å². The first-order valence-electron chi connectivity index (χ1n) is 4.34. The van der Waals surface area contributed by atoms with Crippen LogP contribution in [0.5, 0.6) is 0 Å². The fourth-order valence-corrected chi connectivity index (χ4v) is 1.47. The van der Waals surface area contributed by atoms with E-state index >= 15 is 0 Å². The van der Waals surface area contributed by atoms with Crippen molar-refractivity contribution in [3.05, 3.63) is 40.8 Å². The molecule has 0 aliphatic heterocycles. The number of pyridine rings is 1. The number of aryl methyl sites for hydroxylation is 1. The van der Waals surface area contributed by atoms with Gasteiger partial charge >= 0.3 is 0 Å². The number of H-pyrrole nitrogens is 1. The van der Waals surface area contributed by atoms with Gasteiger partial charge in [-0.3, -0.25) is 4.98 Å². The highest BCUT2D eigenvalue weighted by Gasteiger charge is 2.07. The fraction of sp³-hybridized carbons (Fsp3) is 0.100. The molecule has 5 heteroatoms. The molecule has 0 amide bonds. The first kappa shape index (κ1) is 9.92. The minimum absolute atomic E-state index is 0.340. The fourth-order valence-electron chi connectivity index (χ4n) is 1.32. The van der Waals surface area contributed by atoms with Gasteiger partial charge in [-0.25, -0.2) is 9.37 Å². The van der Waals surface area contributed by atoms with Crippen LogP contribution >= 0.6 is 12.2 Å². The lowest BCUT2D eigenvalue weighted by atomic mass is 10.1. The highest BCUT2D eigenvalue weighted by molar-refractivity contribution is 7.71. The summed E-state index contributed by atoms with van der Waals surface area (Å²) in [7, 11) is 0. The van der Waals surface area contributed by atoms with Crippen molar-refractivity contribution in [1.82, 2.24) is 15.0 Å². The number of aromatic amines is 1. The van der Waals surface area contributed by atoms with E-state index in [-0.39, 0.29) is 5.82 Å². The maximum Gasteiger partial charge on any atom is 0.197 e. The van der Waals surface area contributed by atoms with Crippen LogP contribution in [0.1, 0.15) is 5.56 Å². The summed E-state index contributed by atoms with van der Waals surface area (Å²) in [6, 6.07) is 1.60. The van der Waals surface area contributed by atoms with Crippen LogP contribution < -0.4 is 0 Å². The van der Waals surface area contributed by atoms with Gasteiger partial charge < -0.3 is 4.98 Å². The van der Waals surface area contributed by atoms with Crippen molar-refractivity contribution in [1.29, 1.82) is 0 Å². The van der Waals surface area contributed by atoms with Crippen LogP contribution in [0.2, 0.25) is 0 Å². The summed E-state index contributed by atoms with van der Waals surface area (Å²) in [5, 5.41) is 0. The summed E-state index contributed by atoms with van der Waals surface area (Å²) >= 11 is 4.90. The Kier molecular flexibility index (Phi) is 2.55. The van der Waals surface area contributed by atoms with Crippen LogP contribution in [0.4, 0.5) is 4.39 Å². The predicted molar refractivity (Wildman–Crippen MR) is 57.3 cm³/mol. The highest BCUT2D eigenvalue weighted by Crippen LogP contribution is 2.21. The van der Waals surface area contributed by atoms with Crippen LogP contribution in [0.15, 0.2) is 24.7 Å². The normalized spacial score (nSPS) is 10.3. The Balaban J connectivity index is 2.69. The minimum Gasteiger partial charge on any atom is -0.330 e. The standard InChI is InChI=1S/C10H8FN3S/c1-6-4-13-10(15)14-9(6)7-2-3-12-5-8(7)11/h2-5H,1H3,(H,13,14,15). The molecule has 76 valence electrons. The van der Waals surface area contributed by atoms with Gasteiger partial charge in [0.05, 0.1) is 11.9 Å². The molecule has 0 bridgehead atoms. The van der Waals surface area contributed by atoms with Crippen LogP contribution in [0.25, 0.3) is 11.3 Å². The number of rotatable bonds is 1. The zero-order valence-corrected chi connectivity index (χ0v) is 8.81. The Morgan fingerprint density at radius 3 is 2.93 bits per heavy atom. The Labute approximate surface area is 91.0 Å². The largest absolute Gasteiger partial charge is 0.330 e. The second kappa shape index (κ2) is 3.86. The molecule has 0 unspecified atom stereocenters. The summed E-state index contributed by atoms with van der Waals surface area (Å²) in [4.78, 5) is 10.5. The van der Waals surface area contributed by atoms with E-state index in [2.05, 4.69) is 15.0 Å². The smallest absolute Gasteiger partial charge is 0.197 e. The molecule has 0 aromatic carbocycles. The molecule has 2 aromatic rings. The molecule has 0 fully saturated rings. The molecular formula is C10H8FN3S. The van der Waals surface area contributed by atoms with Gasteiger partial charge in [-0.2, -0.15) is 0 Å². The van der Waals surface area contributed by atoms with Crippen LogP contribution in [-0.4, -0.2) is 15.0 Å². The third-order valence-corrected chi connectivity index (χ3v) is 2.25. The van der Waals surface area contributed by atoms with E-state index in [9.17, 15) is 4.39 Å². The number of halogens is 1. The molecule has 15 heavy (non-hydrogen) atoms. The van der Waals surface area contributed by atoms with Crippen molar-refractivity contribution >= 4 is 12.2 Å². The van der Waals surface area contributed by atoms with Gasteiger partial charge in [0.25, 0.3) is 0 Å². The molecule has 3 nitrogen and oxygen atoms in total. The van der Waals surface area contributed by atoms with E-state index in [0.29, 0.717) is 16.0 Å². The van der Waals surface area contributed by atoms with Crippen molar-refractivity contribution in [2.45, 2.75) is 6.92 Å². The minimum atomic E-state index is -0.377. The number of nitrogens with zero attached hydrogens (tertiary/aromatic N) is 2. The molecule has 0 saturated carbocycles. The average molecular weight is 221 g/mol. The van der Waals surface area contributed by atoms with Gasteiger partial charge in [-0.05, 0) is 30.8 Å². The zero-order valence-electron chi connectivity index (χ0n) is 7.99. The van der Waals surface area contributed by atoms with Gasteiger partial charge in [0.15, 0.2) is 10.6 Å². The van der Waals surface area contributed by atoms with Crippen molar-refractivity contribution < 1.29 is 4.39 Å². The highest BCUT2D eigenvalue weighted by atomic mass is 32.1. The Morgan fingerprint density at radius 1 is 1.40 bits per heavy atom. The van der Waals surface area contributed by atoms with Crippen LogP contribution in [0.3, 0.4) is 0 Å². The van der Waals surface area contributed by atoms with Gasteiger partial charge in [-0.15, -0.1) is 0 Å². The number of nitrogens with one attached hydrogen (secondary N) is 1. The average Bonchev–Trinajstić information content (AvgIpc) is 2.23. The van der Waals surface area contributed by atoms with Gasteiger partial charge in [0, 0.05) is 18.0 Å². The first-order valence-corrected chi connectivity index (χ1v) is 4.75. The molecule has 0 radical (unpaired) electrons.